The lowest BCUT2D eigenvalue weighted by Gasteiger charge is -2.26. The quantitative estimate of drug-likeness (QED) is 0.827. The van der Waals surface area contributed by atoms with Crippen molar-refractivity contribution in [2.75, 3.05) is 13.7 Å². The number of aromatic nitrogens is 2. The molecule has 3 heterocycles. The first-order valence-corrected chi connectivity index (χ1v) is 9.40. The highest BCUT2D eigenvalue weighted by Gasteiger charge is 2.42. The highest BCUT2D eigenvalue weighted by atomic mass is 32.2. The minimum Gasteiger partial charge on any atom is -0.380 e. The van der Waals surface area contributed by atoms with E-state index in [0.717, 1.165) is 5.56 Å². The van der Waals surface area contributed by atoms with Crippen molar-refractivity contribution in [3.05, 3.63) is 35.5 Å². The Morgan fingerprint density at radius 1 is 1.50 bits per heavy atom. The molecular weight excluding hydrogens is 322 g/mol. The summed E-state index contributed by atoms with van der Waals surface area (Å²) in [5.41, 5.74) is 1.02. The second kappa shape index (κ2) is 6.11. The molecule has 1 saturated heterocycles. The topological polar surface area (TPSA) is 64.4 Å². The number of hydrogen-bond acceptors (Lipinski definition) is 5. The smallest absolute Gasteiger partial charge is 0.252 e. The van der Waals surface area contributed by atoms with Gasteiger partial charge in [0, 0.05) is 26.9 Å². The van der Waals surface area contributed by atoms with Gasteiger partial charge in [-0.3, -0.25) is 4.68 Å². The summed E-state index contributed by atoms with van der Waals surface area (Å²) in [6, 6.07) is 3.22. The molecule has 1 fully saturated rings. The standard InChI is InChI=1S/C14H19N3O3S2/c1-16-10-11(9-15-16)8-12-13(20-2)5-6-17(12)22(18,19)14-4-3-7-21-14/h3-4,7,9-10,12-13H,5-6,8H2,1-2H3/t12-,13-/m0/s1. The SMILES string of the molecule is CO[C@H]1CCN(S(=O)(=O)c2cccs2)[C@H]1Cc1cnn(C)c1. The lowest BCUT2D eigenvalue weighted by atomic mass is 10.1. The van der Waals surface area contributed by atoms with Gasteiger partial charge in [0.1, 0.15) is 4.21 Å². The van der Waals surface area contributed by atoms with Crippen LogP contribution in [0.5, 0.6) is 0 Å². The largest absolute Gasteiger partial charge is 0.380 e. The van der Waals surface area contributed by atoms with Crippen molar-refractivity contribution in [3.8, 4) is 0 Å². The molecule has 0 amide bonds. The van der Waals surface area contributed by atoms with E-state index in [2.05, 4.69) is 5.10 Å². The van der Waals surface area contributed by atoms with Gasteiger partial charge in [-0.1, -0.05) is 6.07 Å². The van der Waals surface area contributed by atoms with E-state index >= 15 is 0 Å². The van der Waals surface area contributed by atoms with Crippen LogP contribution in [-0.2, 0) is 28.2 Å². The molecule has 0 bridgehead atoms. The van der Waals surface area contributed by atoms with E-state index in [1.54, 1.807) is 39.8 Å². The molecule has 2 aromatic rings. The lowest BCUT2D eigenvalue weighted by molar-refractivity contribution is 0.0810. The second-order valence-corrected chi connectivity index (χ2v) is 8.47. The van der Waals surface area contributed by atoms with Gasteiger partial charge in [0.25, 0.3) is 10.0 Å². The molecule has 2 aromatic heterocycles. The van der Waals surface area contributed by atoms with Gasteiger partial charge in [-0.15, -0.1) is 11.3 Å². The van der Waals surface area contributed by atoms with Gasteiger partial charge in [-0.2, -0.15) is 9.40 Å². The molecule has 2 atom stereocenters. The molecule has 120 valence electrons. The molecule has 6 nitrogen and oxygen atoms in total. The number of nitrogens with zero attached hydrogens (tertiary/aromatic N) is 3. The van der Waals surface area contributed by atoms with Crippen LogP contribution in [0, 0.1) is 0 Å². The molecule has 0 saturated carbocycles. The summed E-state index contributed by atoms with van der Waals surface area (Å²) in [7, 11) is 0.0381. The van der Waals surface area contributed by atoms with Crippen LogP contribution in [-0.4, -0.2) is 48.3 Å². The van der Waals surface area contributed by atoms with Crippen LogP contribution in [0.2, 0.25) is 0 Å². The summed E-state index contributed by atoms with van der Waals surface area (Å²) in [4.78, 5) is 0. The molecule has 22 heavy (non-hydrogen) atoms. The molecule has 3 rings (SSSR count). The number of methoxy groups -OCH3 is 1. The number of aryl methyl sites for hydroxylation is 1. The Balaban J connectivity index is 1.89. The van der Waals surface area contributed by atoms with Crippen LogP contribution in [0.25, 0.3) is 0 Å². The number of ether oxygens (including phenoxy) is 1. The van der Waals surface area contributed by atoms with Gasteiger partial charge in [0.2, 0.25) is 0 Å². The first kappa shape index (κ1) is 15.7. The minimum atomic E-state index is -3.46. The van der Waals surface area contributed by atoms with Crippen molar-refractivity contribution >= 4 is 21.4 Å². The van der Waals surface area contributed by atoms with E-state index in [0.29, 0.717) is 23.6 Å². The number of sulfonamides is 1. The Bertz CT molecular complexity index is 724. The van der Waals surface area contributed by atoms with Gasteiger partial charge in [0.05, 0.1) is 18.3 Å². The molecular formula is C14H19N3O3S2. The van der Waals surface area contributed by atoms with Crippen LogP contribution < -0.4 is 0 Å². The maximum Gasteiger partial charge on any atom is 0.252 e. The van der Waals surface area contributed by atoms with Crippen LogP contribution in [0.4, 0.5) is 0 Å². The maximum atomic E-state index is 12.8. The summed E-state index contributed by atoms with van der Waals surface area (Å²) >= 11 is 1.25. The average molecular weight is 341 g/mol. The summed E-state index contributed by atoms with van der Waals surface area (Å²) in [6.45, 7) is 0.490. The highest BCUT2D eigenvalue weighted by molar-refractivity contribution is 7.91. The molecule has 0 N–H and O–H groups in total. The molecule has 8 heteroatoms. The van der Waals surface area contributed by atoms with Crippen molar-refractivity contribution in [1.29, 1.82) is 0 Å². The summed E-state index contributed by atoms with van der Waals surface area (Å²) in [5, 5.41) is 5.94. The van der Waals surface area contributed by atoms with Crippen LogP contribution >= 0.6 is 11.3 Å². The Morgan fingerprint density at radius 3 is 2.91 bits per heavy atom. The zero-order valence-electron chi connectivity index (χ0n) is 12.5. The highest BCUT2D eigenvalue weighted by Crippen LogP contribution is 2.31. The molecule has 0 radical (unpaired) electrons. The van der Waals surface area contributed by atoms with E-state index in [1.807, 2.05) is 13.2 Å². The fourth-order valence-electron chi connectivity index (χ4n) is 2.95. The van der Waals surface area contributed by atoms with E-state index in [9.17, 15) is 8.42 Å². The number of hydrogen-bond donors (Lipinski definition) is 0. The third-order valence-electron chi connectivity index (χ3n) is 4.00. The molecule has 0 spiro atoms. The Labute approximate surface area is 134 Å². The average Bonchev–Trinajstić information content (AvgIpc) is 3.19. The van der Waals surface area contributed by atoms with Gasteiger partial charge in [-0.25, -0.2) is 8.42 Å². The van der Waals surface area contributed by atoms with Crippen molar-refractivity contribution in [2.45, 2.75) is 29.2 Å². The molecule has 0 unspecified atom stereocenters. The predicted molar refractivity (Wildman–Crippen MR) is 84.3 cm³/mol. The fraction of sp³-hybridized carbons (Fsp3) is 0.500. The van der Waals surface area contributed by atoms with Gasteiger partial charge in [0.15, 0.2) is 0 Å². The molecule has 0 aliphatic carbocycles. The normalized spacial score (nSPS) is 23.2. The first-order valence-electron chi connectivity index (χ1n) is 7.08. The van der Waals surface area contributed by atoms with Crippen LogP contribution in [0.1, 0.15) is 12.0 Å². The summed E-state index contributed by atoms with van der Waals surface area (Å²) < 4.78 is 34.9. The Kier molecular flexibility index (Phi) is 4.35. The Hall–Kier alpha value is -1.22. The van der Waals surface area contributed by atoms with Gasteiger partial charge in [-0.05, 0) is 29.9 Å². The maximum absolute atomic E-state index is 12.8. The van der Waals surface area contributed by atoms with E-state index in [-0.39, 0.29) is 12.1 Å². The zero-order valence-corrected chi connectivity index (χ0v) is 14.2. The van der Waals surface area contributed by atoms with Gasteiger partial charge >= 0.3 is 0 Å². The summed E-state index contributed by atoms with van der Waals surface area (Å²) in [5.74, 6) is 0. The molecule has 0 aromatic carbocycles. The zero-order chi connectivity index (χ0) is 15.7. The van der Waals surface area contributed by atoms with Crippen molar-refractivity contribution in [1.82, 2.24) is 14.1 Å². The number of rotatable bonds is 5. The molecule has 1 aliphatic rings. The first-order chi connectivity index (χ1) is 10.5. The molecule has 1 aliphatic heterocycles. The van der Waals surface area contributed by atoms with E-state index in [1.165, 1.54) is 11.3 Å². The van der Waals surface area contributed by atoms with Crippen LogP contribution in [0.3, 0.4) is 0 Å². The Morgan fingerprint density at radius 2 is 2.32 bits per heavy atom. The summed E-state index contributed by atoms with van der Waals surface area (Å²) in [6.07, 6.45) is 4.93. The van der Waals surface area contributed by atoms with Crippen LogP contribution in [0.15, 0.2) is 34.1 Å². The predicted octanol–water partition coefficient (Wildman–Crippen LogP) is 1.50. The van der Waals surface area contributed by atoms with Gasteiger partial charge < -0.3 is 4.74 Å². The van der Waals surface area contributed by atoms with E-state index < -0.39 is 10.0 Å². The minimum absolute atomic E-state index is 0.0880. The third kappa shape index (κ3) is 2.83. The van der Waals surface area contributed by atoms with E-state index in [4.69, 9.17) is 4.74 Å². The van der Waals surface area contributed by atoms with Crippen molar-refractivity contribution in [2.24, 2.45) is 7.05 Å². The fourth-order valence-corrected chi connectivity index (χ4v) is 5.73. The number of thiophene rings is 1. The van der Waals surface area contributed by atoms with Crippen molar-refractivity contribution in [3.63, 3.8) is 0 Å². The monoisotopic (exact) mass is 341 g/mol. The van der Waals surface area contributed by atoms with Crippen molar-refractivity contribution < 1.29 is 13.2 Å². The third-order valence-corrected chi connectivity index (χ3v) is 7.29. The second-order valence-electron chi connectivity index (χ2n) is 5.40. The lowest BCUT2D eigenvalue weighted by Crippen LogP contribution is -2.41.